The molecule has 2 aliphatic rings. The number of halogens is 2. The number of hydrogen-bond donors (Lipinski definition) is 1. The van der Waals surface area contributed by atoms with Gasteiger partial charge in [0.15, 0.2) is 0 Å². The maximum atomic E-state index is 15.1. The first kappa shape index (κ1) is 30.1. The fourth-order valence-electron chi connectivity index (χ4n) is 5.84. The summed E-state index contributed by atoms with van der Waals surface area (Å²) in [7, 11) is -3.68. The van der Waals surface area contributed by atoms with Gasteiger partial charge in [-0.05, 0) is 0 Å². The van der Waals surface area contributed by atoms with Crippen molar-refractivity contribution < 1.29 is 14.1 Å². The standard InChI is InChI=1S/C31H37ClFN6O2P/c1-8-26(40)37-16-21(6)38(17-20(37)5)31-23-15-24(32)28(22-11-9-10-12-25(22)33)35-30(23)39(42(7,41)36-31)29-19(4)13-14-34-27(29)18(2)3/h8-15,18,20-21,41-42H,1,16-17H2,2-7H3/t20-,21+/m1/s1. The van der Waals surface area contributed by atoms with Crippen molar-refractivity contribution in [1.29, 1.82) is 0 Å². The number of carbonyl (C=O) groups is 1. The number of fused-ring (bicyclic) bond motifs is 1. The SMILES string of the molecule is C=CC(=O)N1C[C@H](C)N(C2=N[PH](C)(O)N(c3c(C)ccnc3C(C)C)c3nc(-c4ccccc4F)c(Cl)cc32)C[C@H]1C. The molecule has 0 aliphatic carbocycles. The van der Waals surface area contributed by atoms with Gasteiger partial charge in [0.25, 0.3) is 0 Å². The summed E-state index contributed by atoms with van der Waals surface area (Å²) in [5, 5.41) is 0.267. The quantitative estimate of drug-likeness (QED) is 0.268. The zero-order chi connectivity index (χ0) is 30.5. The Balaban J connectivity index is 1.76. The van der Waals surface area contributed by atoms with Crippen LogP contribution in [0.25, 0.3) is 11.3 Å². The molecule has 0 radical (unpaired) electrons. The molecule has 1 fully saturated rings. The van der Waals surface area contributed by atoms with E-state index in [9.17, 15) is 9.69 Å². The summed E-state index contributed by atoms with van der Waals surface area (Å²) in [6.07, 6.45) is 3.09. The van der Waals surface area contributed by atoms with E-state index in [0.29, 0.717) is 30.3 Å². The van der Waals surface area contributed by atoms with Crippen LogP contribution in [0.1, 0.15) is 50.4 Å². The van der Waals surface area contributed by atoms with Gasteiger partial charge in [0.05, 0.1) is 0 Å². The topological polar surface area (TPSA) is 85.2 Å². The molecule has 0 bridgehead atoms. The molecule has 0 unspecified atom stereocenters. The van der Waals surface area contributed by atoms with Crippen molar-refractivity contribution in [3.05, 3.63) is 82.9 Å². The molecule has 8 nitrogen and oxygen atoms in total. The Kier molecular flexibility index (Phi) is 8.14. The molecule has 1 amide bonds. The van der Waals surface area contributed by atoms with E-state index >= 15 is 4.39 Å². The summed E-state index contributed by atoms with van der Waals surface area (Å²) >= 11 is 6.85. The molecule has 0 spiro atoms. The normalized spacial score (nSPS) is 20.7. The molecule has 1 aromatic carbocycles. The number of rotatable bonds is 4. The van der Waals surface area contributed by atoms with Gasteiger partial charge < -0.3 is 0 Å². The van der Waals surface area contributed by atoms with E-state index in [-0.39, 0.29) is 40.2 Å². The Morgan fingerprint density at radius 2 is 1.90 bits per heavy atom. The molecular formula is C31H37ClFN6O2P. The summed E-state index contributed by atoms with van der Waals surface area (Å²) in [5.74, 6) is 0.484. The van der Waals surface area contributed by atoms with E-state index in [2.05, 4.69) is 16.5 Å². The zero-order valence-corrected chi connectivity index (χ0v) is 26.5. The molecule has 3 aromatic rings. The van der Waals surface area contributed by atoms with Crippen molar-refractivity contribution in [2.45, 2.75) is 52.6 Å². The Hall–Kier alpha value is -3.39. The third kappa shape index (κ3) is 5.19. The fraction of sp³-hybridized carbons (Fsp3) is 0.355. The van der Waals surface area contributed by atoms with Gasteiger partial charge in [-0.2, -0.15) is 0 Å². The number of aromatic nitrogens is 2. The predicted molar refractivity (Wildman–Crippen MR) is 170 cm³/mol. The molecule has 0 saturated carbocycles. The molecule has 2 atom stereocenters. The molecule has 2 aliphatic heterocycles. The van der Waals surface area contributed by atoms with Crippen molar-refractivity contribution in [3.63, 3.8) is 0 Å². The molecule has 11 heteroatoms. The van der Waals surface area contributed by atoms with Crippen LogP contribution in [-0.4, -0.2) is 68.2 Å². The number of aryl methyl sites for hydroxylation is 1. The van der Waals surface area contributed by atoms with E-state index in [0.717, 1.165) is 16.9 Å². The summed E-state index contributed by atoms with van der Waals surface area (Å²) in [6, 6.07) is 9.78. The first-order chi connectivity index (χ1) is 19.9. The van der Waals surface area contributed by atoms with Gasteiger partial charge in [-0.15, -0.1) is 0 Å². The van der Waals surface area contributed by atoms with Gasteiger partial charge in [-0.25, -0.2) is 0 Å². The van der Waals surface area contributed by atoms with Crippen LogP contribution in [0.4, 0.5) is 15.9 Å². The van der Waals surface area contributed by atoms with Gasteiger partial charge >= 0.3 is 252 Å². The average Bonchev–Trinajstić information content (AvgIpc) is 2.94. The van der Waals surface area contributed by atoms with Crippen LogP contribution in [0.3, 0.4) is 0 Å². The zero-order valence-electron chi connectivity index (χ0n) is 24.8. The number of amidine groups is 1. The van der Waals surface area contributed by atoms with Gasteiger partial charge in [0.1, 0.15) is 0 Å². The Bertz CT molecular complexity index is 1600. The van der Waals surface area contributed by atoms with Crippen LogP contribution < -0.4 is 4.67 Å². The summed E-state index contributed by atoms with van der Waals surface area (Å²) < 4.78 is 21.9. The third-order valence-electron chi connectivity index (χ3n) is 7.92. The number of amides is 1. The number of piperazine rings is 1. The van der Waals surface area contributed by atoms with Crippen LogP contribution in [0.15, 0.2) is 60.0 Å². The fourth-order valence-corrected chi connectivity index (χ4v) is 8.12. The molecule has 5 rings (SSSR count). The molecule has 1 N–H and O–H groups in total. The van der Waals surface area contributed by atoms with E-state index in [4.69, 9.17) is 21.3 Å². The van der Waals surface area contributed by atoms with Crippen molar-refractivity contribution in [3.8, 4) is 11.3 Å². The van der Waals surface area contributed by atoms with E-state index in [1.165, 1.54) is 12.1 Å². The summed E-state index contributed by atoms with van der Waals surface area (Å²) in [5.41, 5.74) is 3.62. The second-order valence-electron chi connectivity index (χ2n) is 11.5. The number of benzene rings is 1. The van der Waals surface area contributed by atoms with Crippen molar-refractivity contribution in [2.24, 2.45) is 4.76 Å². The van der Waals surface area contributed by atoms with Gasteiger partial charge in [0, 0.05) is 0 Å². The first-order valence-electron chi connectivity index (χ1n) is 14.1. The number of nitrogens with zero attached hydrogens (tertiary/aromatic N) is 6. The molecular weight excluding hydrogens is 574 g/mol. The Morgan fingerprint density at radius 3 is 2.57 bits per heavy atom. The van der Waals surface area contributed by atoms with Gasteiger partial charge in [0.2, 0.25) is 0 Å². The number of pyridine rings is 2. The number of hydrogen-bond acceptors (Lipinski definition) is 7. The number of anilines is 2. The van der Waals surface area contributed by atoms with Crippen LogP contribution in [0, 0.1) is 12.7 Å². The molecule has 1 saturated heterocycles. The average molecular weight is 611 g/mol. The van der Waals surface area contributed by atoms with E-state index in [1.807, 2.05) is 45.4 Å². The van der Waals surface area contributed by atoms with Crippen molar-refractivity contribution >= 4 is 42.6 Å². The minimum absolute atomic E-state index is 0.0493. The number of carbonyl (C=O) groups excluding carboxylic acids is 1. The van der Waals surface area contributed by atoms with Crippen molar-refractivity contribution in [1.82, 2.24) is 19.8 Å². The predicted octanol–water partition coefficient (Wildman–Crippen LogP) is 6.49. The van der Waals surface area contributed by atoms with Crippen molar-refractivity contribution in [2.75, 3.05) is 24.4 Å². The van der Waals surface area contributed by atoms with E-state index < -0.39 is 13.6 Å². The molecule has 42 heavy (non-hydrogen) atoms. The Morgan fingerprint density at radius 1 is 1.19 bits per heavy atom. The summed E-state index contributed by atoms with van der Waals surface area (Å²) in [6.45, 7) is 16.4. The van der Waals surface area contributed by atoms with Gasteiger partial charge in [-0.3, -0.25) is 0 Å². The van der Waals surface area contributed by atoms with Crippen LogP contribution in [-0.2, 0) is 4.79 Å². The first-order valence-corrected chi connectivity index (χ1v) is 16.8. The van der Waals surface area contributed by atoms with Crippen LogP contribution >= 0.6 is 19.4 Å². The molecule has 2 aromatic heterocycles. The molecule has 222 valence electrons. The maximum absolute atomic E-state index is 15.1. The Labute approximate surface area is 252 Å². The van der Waals surface area contributed by atoms with Crippen LogP contribution in [0.5, 0.6) is 0 Å². The third-order valence-corrected chi connectivity index (χ3v) is 10.1. The molecule has 4 heterocycles. The summed E-state index contributed by atoms with van der Waals surface area (Å²) in [4.78, 5) is 38.4. The van der Waals surface area contributed by atoms with Crippen LogP contribution in [0.2, 0.25) is 5.02 Å². The minimum atomic E-state index is -3.68. The monoisotopic (exact) mass is 610 g/mol. The van der Waals surface area contributed by atoms with Gasteiger partial charge in [-0.1, -0.05) is 0 Å². The second-order valence-corrected chi connectivity index (χ2v) is 14.5. The van der Waals surface area contributed by atoms with E-state index in [1.54, 1.807) is 42.0 Å². The second kappa shape index (κ2) is 11.4.